The second-order valence-electron chi connectivity index (χ2n) is 5.87. The molecule has 3 rings (SSSR count). The third-order valence-corrected chi connectivity index (χ3v) is 4.80. The largest absolute Gasteiger partial charge is 0.319 e. The van der Waals surface area contributed by atoms with E-state index in [1.54, 1.807) is 18.2 Å². The molecule has 0 atom stereocenters. The number of hydrogen-bond donors (Lipinski definition) is 1. The van der Waals surface area contributed by atoms with E-state index >= 15 is 0 Å². The predicted octanol–water partition coefficient (Wildman–Crippen LogP) is 5.47. The molecule has 1 N–H and O–H groups in total. The summed E-state index contributed by atoms with van der Waals surface area (Å²) in [5.41, 5.74) is 4.85. The van der Waals surface area contributed by atoms with Gasteiger partial charge in [-0.2, -0.15) is 5.10 Å². The zero-order chi connectivity index (χ0) is 18.1. The molecule has 0 bridgehead atoms. The first-order valence-electron chi connectivity index (χ1n) is 7.76. The Morgan fingerprint density at radius 1 is 1.12 bits per heavy atom. The van der Waals surface area contributed by atoms with Crippen LogP contribution in [0.4, 0.5) is 5.69 Å². The molecule has 128 valence electrons. The lowest BCUT2D eigenvalue weighted by molar-refractivity contribution is 0.102. The summed E-state index contributed by atoms with van der Waals surface area (Å²) in [5, 5.41) is 7.90. The van der Waals surface area contributed by atoms with E-state index in [2.05, 4.69) is 26.3 Å². The molecule has 0 spiro atoms. The maximum atomic E-state index is 12.6. The third-order valence-electron chi connectivity index (χ3n) is 3.98. The van der Waals surface area contributed by atoms with E-state index in [1.807, 2.05) is 49.7 Å². The fraction of sp³-hybridized carbons (Fsp3) is 0.158. The third kappa shape index (κ3) is 3.62. The second-order valence-corrected chi connectivity index (χ2v) is 7.19. The van der Waals surface area contributed by atoms with E-state index in [9.17, 15) is 4.79 Å². The number of hydrogen-bond acceptors (Lipinski definition) is 2. The van der Waals surface area contributed by atoms with Crippen LogP contribution in [0.15, 0.2) is 46.9 Å². The lowest BCUT2D eigenvalue weighted by atomic mass is 10.2. The topological polar surface area (TPSA) is 46.9 Å². The molecule has 25 heavy (non-hydrogen) atoms. The summed E-state index contributed by atoms with van der Waals surface area (Å²) < 4.78 is 2.62. The van der Waals surface area contributed by atoms with Gasteiger partial charge in [-0.25, -0.2) is 4.68 Å². The van der Waals surface area contributed by atoms with Crippen molar-refractivity contribution >= 4 is 39.1 Å². The van der Waals surface area contributed by atoms with E-state index in [4.69, 9.17) is 11.6 Å². The molecule has 1 heterocycles. The highest BCUT2D eigenvalue weighted by Crippen LogP contribution is 2.26. The van der Waals surface area contributed by atoms with Crippen LogP contribution in [0.3, 0.4) is 0 Å². The Kier molecular flexibility index (Phi) is 4.97. The van der Waals surface area contributed by atoms with Gasteiger partial charge in [0.2, 0.25) is 0 Å². The predicted molar refractivity (Wildman–Crippen MR) is 105 cm³/mol. The Morgan fingerprint density at radius 3 is 2.48 bits per heavy atom. The number of carbonyl (C=O) groups is 1. The van der Waals surface area contributed by atoms with Gasteiger partial charge in [0, 0.05) is 4.47 Å². The Hall–Kier alpha value is -2.11. The number of nitrogens with zero attached hydrogens (tertiary/aromatic N) is 2. The molecule has 0 saturated heterocycles. The van der Waals surface area contributed by atoms with Crippen molar-refractivity contribution in [3.8, 4) is 5.69 Å². The fourth-order valence-corrected chi connectivity index (χ4v) is 3.18. The Bertz CT molecular complexity index is 948. The molecule has 0 saturated carbocycles. The van der Waals surface area contributed by atoms with Crippen LogP contribution in [-0.4, -0.2) is 15.7 Å². The van der Waals surface area contributed by atoms with Crippen LogP contribution in [0.5, 0.6) is 0 Å². The molecule has 1 aromatic heterocycles. The van der Waals surface area contributed by atoms with Crippen LogP contribution in [0.2, 0.25) is 5.02 Å². The maximum Gasteiger partial charge on any atom is 0.257 e. The van der Waals surface area contributed by atoms with Crippen LogP contribution >= 0.6 is 27.5 Å². The van der Waals surface area contributed by atoms with E-state index in [0.717, 1.165) is 21.5 Å². The number of aryl methyl sites for hydroxylation is 2. The molecule has 3 aromatic rings. The molecular formula is C19H17BrClN3O. The van der Waals surface area contributed by atoms with Crippen LogP contribution < -0.4 is 5.32 Å². The molecule has 0 aliphatic heterocycles. The van der Waals surface area contributed by atoms with Gasteiger partial charge in [0.25, 0.3) is 5.91 Å². The minimum atomic E-state index is -0.263. The highest BCUT2D eigenvalue weighted by atomic mass is 79.9. The summed E-state index contributed by atoms with van der Waals surface area (Å²) in [7, 11) is 0. The maximum absolute atomic E-state index is 12.6. The van der Waals surface area contributed by atoms with Gasteiger partial charge in [0.15, 0.2) is 0 Å². The highest BCUT2D eigenvalue weighted by molar-refractivity contribution is 9.10. The zero-order valence-corrected chi connectivity index (χ0v) is 16.4. The SMILES string of the molecule is Cc1ccc(-n2nc(C)c(NC(=O)c3cc(Br)ccc3Cl)c2C)cc1. The molecule has 0 aliphatic rings. The van der Waals surface area contributed by atoms with Crippen molar-refractivity contribution < 1.29 is 4.79 Å². The number of benzene rings is 2. The molecule has 0 fully saturated rings. The zero-order valence-electron chi connectivity index (χ0n) is 14.1. The molecular weight excluding hydrogens is 402 g/mol. The molecule has 4 nitrogen and oxygen atoms in total. The van der Waals surface area contributed by atoms with E-state index in [1.165, 1.54) is 5.56 Å². The van der Waals surface area contributed by atoms with E-state index in [-0.39, 0.29) is 5.91 Å². The van der Waals surface area contributed by atoms with Gasteiger partial charge in [-0.05, 0) is 51.1 Å². The average Bonchev–Trinajstić information content (AvgIpc) is 2.86. The number of aromatic nitrogens is 2. The fourth-order valence-electron chi connectivity index (χ4n) is 2.61. The molecule has 1 amide bonds. The first-order chi connectivity index (χ1) is 11.9. The van der Waals surface area contributed by atoms with Gasteiger partial charge in [-0.3, -0.25) is 4.79 Å². The summed E-state index contributed by atoms with van der Waals surface area (Å²) in [6, 6.07) is 13.3. The highest BCUT2D eigenvalue weighted by Gasteiger charge is 2.18. The first-order valence-corrected chi connectivity index (χ1v) is 8.93. The Morgan fingerprint density at radius 2 is 1.80 bits per heavy atom. The van der Waals surface area contributed by atoms with Gasteiger partial charge < -0.3 is 5.32 Å². The standard InChI is InChI=1S/C19H17BrClN3O/c1-11-4-7-15(8-5-11)24-13(3)18(12(2)23-24)22-19(25)16-10-14(20)6-9-17(16)21/h4-10H,1-3H3,(H,22,25). The van der Waals surface area contributed by atoms with Crippen LogP contribution in [-0.2, 0) is 0 Å². The Balaban J connectivity index is 1.94. The van der Waals surface area contributed by atoms with Crippen molar-refractivity contribution in [2.24, 2.45) is 0 Å². The first kappa shape index (κ1) is 17.7. The number of rotatable bonds is 3. The van der Waals surface area contributed by atoms with Gasteiger partial charge in [0.05, 0.1) is 33.3 Å². The van der Waals surface area contributed by atoms with Crippen molar-refractivity contribution in [2.45, 2.75) is 20.8 Å². The minimum absolute atomic E-state index is 0.263. The lowest BCUT2D eigenvalue weighted by Crippen LogP contribution is -2.13. The molecule has 0 radical (unpaired) electrons. The summed E-state index contributed by atoms with van der Waals surface area (Å²) >= 11 is 9.51. The monoisotopic (exact) mass is 417 g/mol. The average molecular weight is 419 g/mol. The number of amides is 1. The lowest BCUT2D eigenvalue weighted by Gasteiger charge is -2.09. The van der Waals surface area contributed by atoms with Gasteiger partial charge in [-0.15, -0.1) is 0 Å². The quantitative estimate of drug-likeness (QED) is 0.613. The number of carbonyl (C=O) groups excluding carboxylic acids is 1. The van der Waals surface area contributed by atoms with Crippen molar-refractivity contribution in [3.63, 3.8) is 0 Å². The molecule has 2 aromatic carbocycles. The minimum Gasteiger partial charge on any atom is -0.319 e. The van der Waals surface area contributed by atoms with Gasteiger partial charge in [0.1, 0.15) is 0 Å². The van der Waals surface area contributed by atoms with Crippen molar-refractivity contribution in [3.05, 3.63) is 74.5 Å². The van der Waals surface area contributed by atoms with E-state index < -0.39 is 0 Å². The normalized spacial score (nSPS) is 10.8. The van der Waals surface area contributed by atoms with Gasteiger partial charge in [-0.1, -0.05) is 45.2 Å². The molecule has 6 heteroatoms. The smallest absolute Gasteiger partial charge is 0.257 e. The molecule has 0 aliphatic carbocycles. The summed E-state index contributed by atoms with van der Waals surface area (Å²) in [6.45, 7) is 5.84. The second kappa shape index (κ2) is 7.02. The Labute approximate surface area is 159 Å². The molecule has 0 unspecified atom stereocenters. The summed E-state index contributed by atoms with van der Waals surface area (Å²) in [4.78, 5) is 12.6. The van der Waals surface area contributed by atoms with E-state index in [0.29, 0.717) is 16.3 Å². The summed E-state index contributed by atoms with van der Waals surface area (Å²) in [5.74, 6) is -0.263. The van der Waals surface area contributed by atoms with Crippen molar-refractivity contribution in [2.75, 3.05) is 5.32 Å². The van der Waals surface area contributed by atoms with Gasteiger partial charge >= 0.3 is 0 Å². The van der Waals surface area contributed by atoms with Crippen LogP contribution in [0.1, 0.15) is 27.3 Å². The van der Waals surface area contributed by atoms with Crippen LogP contribution in [0, 0.1) is 20.8 Å². The summed E-state index contributed by atoms with van der Waals surface area (Å²) in [6.07, 6.45) is 0. The van der Waals surface area contributed by atoms with Crippen molar-refractivity contribution in [1.29, 1.82) is 0 Å². The number of halogens is 2. The number of nitrogens with one attached hydrogen (secondary N) is 1. The number of anilines is 1. The van der Waals surface area contributed by atoms with Crippen molar-refractivity contribution in [1.82, 2.24) is 9.78 Å². The van der Waals surface area contributed by atoms with Crippen LogP contribution in [0.25, 0.3) is 5.69 Å².